The van der Waals surface area contributed by atoms with Gasteiger partial charge in [-0.1, -0.05) is 49.4 Å². The molecular formula is C27H24FN3O5. The van der Waals surface area contributed by atoms with Gasteiger partial charge >= 0.3 is 5.97 Å². The number of hydrogen-bond acceptors (Lipinski definition) is 6. The molecule has 0 aliphatic rings. The van der Waals surface area contributed by atoms with Crippen molar-refractivity contribution in [2.75, 3.05) is 12.3 Å². The largest absolute Gasteiger partial charge is 0.479 e. The second kappa shape index (κ2) is 10.4. The lowest BCUT2D eigenvalue weighted by atomic mass is 10.0. The molecule has 4 rings (SSSR count). The van der Waals surface area contributed by atoms with Gasteiger partial charge in [-0.3, -0.25) is 9.59 Å². The number of fused-ring (bicyclic) bond motifs is 1. The number of ketones is 1. The summed E-state index contributed by atoms with van der Waals surface area (Å²) in [5, 5.41) is 14.0. The SMILES string of the molecule is CCc1c(N)c2c(OCC(=O)O)c(C(=O)C=O)c(Cc3ccc(F)cc3)nn2c1Cc1ccccc1. The zero-order valence-electron chi connectivity index (χ0n) is 19.5. The maximum Gasteiger partial charge on any atom is 0.341 e. The Kier molecular flexibility index (Phi) is 7.10. The molecule has 0 spiro atoms. The average Bonchev–Trinajstić information content (AvgIpc) is 3.13. The van der Waals surface area contributed by atoms with Crippen molar-refractivity contribution in [2.45, 2.75) is 26.2 Å². The highest BCUT2D eigenvalue weighted by atomic mass is 19.1. The molecule has 2 aromatic carbocycles. The molecule has 36 heavy (non-hydrogen) atoms. The lowest BCUT2D eigenvalue weighted by Crippen LogP contribution is -2.18. The van der Waals surface area contributed by atoms with Crippen molar-refractivity contribution in [3.63, 3.8) is 0 Å². The minimum atomic E-state index is -1.26. The van der Waals surface area contributed by atoms with Gasteiger partial charge in [-0.2, -0.15) is 5.10 Å². The summed E-state index contributed by atoms with van der Waals surface area (Å²) in [7, 11) is 0. The highest BCUT2D eigenvalue weighted by Crippen LogP contribution is 2.38. The van der Waals surface area contributed by atoms with Gasteiger partial charge < -0.3 is 15.6 Å². The smallest absolute Gasteiger partial charge is 0.341 e. The number of anilines is 1. The number of benzene rings is 2. The number of rotatable bonds is 10. The summed E-state index contributed by atoms with van der Waals surface area (Å²) in [6.07, 6.45) is 1.20. The second-order valence-electron chi connectivity index (χ2n) is 8.23. The van der Waals surface area contributed by atoms with E-state index in [-0.39, 0.29) is 35.2 Å². The fraction of sp³-hybridized carbons (Fsp3) is 0.185. The number of nitrogens with two attached hydrogens (primary N) is 1. The number of halogens is 1. The standard InChI is InChI=1S/C27H24FN3O5/c1-2-19-21(13-16-6-4-3-5-7-16)31-26(25(19)29)27(36-15-23(34)35)24(22(33)14-32)20(30-31)12-17-8-10-18(28)11-9-17/h3-11,14H,2,12-13,15,29H2,1H3,(H,34,35). The topological polar surface area (TPSA) is 124 Å². The van der Waals surface area contributed by atoms with Crippen LogP contribution >= 0.6 is 0 Å². The van der Waals surface area contributed by atoms with Gasteiger partial charge in [-0.15, -0.1) is 0 Å². The summed E-state index contributed by atoms with van der Waals surface area (Å²) in [6.45, 7) is 1.17. The van der Waals surface area contributed by atoms with Crippen LogP contribution in [0.5, 0.6) is 5.75 Å². The normalized spacial score (nSPS) is 10.9. The fourth-order valence-electron chi connectivity index (χ4n) is 4.30. The van der Waals surface area contributed by atoms with Crippen molar-refractivity contribution in [2.24, 2.45) is 0 Å². The number of carbonyl (C=O) groups excluding carboxylic acids is 2. The zero-order valence-corrected chi connectivity index (χ0v) is 19.5. The predicted molar refractivity (Wildman–Crippen MR) is 131 cm³/mol. The van der Waals surface area contributed by atoms with E-state index in [1.807, 2.05) is 37.3 Å². The minimum Gasteiger partial charge on any atom is -0.479 e. The molecular weight excluding hydrogens is 465 g/mol. The number of ether oxygens (including phenoxy) is 1. The maximum absolute atomic E-state index is 13.5. The first-order valence-electron chi connectivity index (χ1n) is 11.3. The van der Waals surface area contributed by atoms with E-state index in [4.69, 9.17) is 15.6 Å². The molecule has 2 heterocycles. The Hall–Kier alpha value is -4.53. The van der Waals surface area contributed by atoms with E-state index in [0.717, 1.165) is 16.8 Å². The van der Waals surface area contributed by atoms with Crippen LogP contribution in [-0.2, 0) is 28.9 Å². The van der Waals surface area contributed by atoms with Crippen molar-refractivity contribution in [1.82, 2.24) is 9.61 Å². The van der Waals surface area contributed by atoms with Crippen LogP contribution in [0.4, 0.5) is 10.1 Å². The van der Waals surface area contributed by atoms with Gasteiger partial charge in [-0.25, -0.2) is 13.7 Å². The Labute approximate surface area is 206 Å². The third-order valence-electron chi connectivity index (χ3n) is 5.89. The Bertz CT molecular complexity index is 1450. The number of carboxylic acids is 1. The van der Waals surface area contributed by atoms with Gasteiger partial charge in [0.1, 0.15) is 11.3 Å². The number of aldehydes is 1. The summed E-state index contributed by atoms with van der Waals surface area (Å²) in [5.41, 5.74) is 10.2. The monoisotopic (exact) mass is 489 g/mol. The quantitative estimate of drug-likeness (QED) is 0.198. The molecule has 0 saturated heterocycles. The molecule has 184 valence electrons. The molecule has 9 heteroatoms. The highest BCUT2D eigenvalue weighted by molar-refractivity contribution is 6.35. The van der Waals surface area contributed by atoms with Crippen LogP contribution in [0.15, 0.2) is 54.6 Å². The molecule has 8 nitrogen and oxygen atoms in total. The van der Waals surface area contributed by atoms with Crippen LogP contribution in [0.25, 0.3) is 5.52 Å². The van der Waals surface area contributed by atoms with Crippen LogP contribution in [0, 0.1) is 5.82 Å². The van der Waals surface area contributed by atoms with E-state index in [2.05, 4.69) is 0 Å². The lowest BCUT2D eigenvalue weighted by Gasteiger charge is -2.16. The summed E-state index contributed by atoms with van der Waals surface area (Å²) in [6, 6.07) is 15.3. The van der Waals surface area contributed by atoms with E-state index < -0.39 is 24.2 Å². The summed E-state index contributed by atoms with van der Waals surface area (Å²) >= 11 is 0. The number of carboxylic acid groups (broad SMARTS) is 1. The Morgan fingerprint density at radius 1 is 1.08 bits per heavy atom. The molecule has 2 aromatic heterocycles. The van der Waals surface area contributed by atoms with Crippen LogP contribution in [0.3, 0.4) is 0 Å². The predicted octanol–water partition coefficient (Wildman–Crippen LogP) is 3.64. The number of carbonyl (C=O) groups is 3. The number of aliphatic carboxylic acids is 1. The molecule has 0 saturated carbocycles. The first-order valence-corrected chi connectivity index (χ1v) is 11.3. The van der Waals surface area contributed by atoms with Gasteiger partial charge in [0.05, 0.1) is 22.6 Å². The van der Waals surface area contributed by atoms with Crippen LogP contribution < -0.4 is 10.5 Å². The van der Waals surface area contributed by atoms with Gasteiger partial charge in [-0.05, 0) is 35.2 Å². The molecule has 0 atom stereocenters. The third-order valence-corrected chi connectivity index (χ3v) is 5.89. The molecule has 0 radical (unpaired) electrons. The molecule has 0 fully saturated rings. The molecule has 0 unspecified atom stereocenters. The van der Waals surface area contributed by atoms with Crippen molar-refractivity contribution < 1.29 is 28.6 Å². The molecule has 0 amide bonds. The Balaban J connectivity index is 2.03. The van der Waals surface area contributed by atoms with E-state index in [0.29, 0.717) is 24.1 Å². The molecule has 0 bridgehead atoms. The lowest BCUT2D eigenvalue weighted by molar-refractivity contribution is -0.139. The van der Waals surface area contributed by atoms with Crippen molar-refractivity contribution >= 4 is 29.2 Å². The Morgan fingerprint density at radius 3 is 2.36 bits per heavy atom. The molecule has 0 aliphatic carbocycles. The summed E-state index contributed by atoms with van der Waals surface area (Å²) in [4.78, 5) is 35.8. The average molecular weight is 490 g/mol. The van der Waals surface area contributed by atoms with Crippen LogP contribution in [0.1, 0.15) is 45.4 Å². The van der Waals surface area contributed by atoms with Gasteiger partial charge in [0, 0.05) is 12.8 Å². The van der Waals surface area contributed by atoms with Gasteiger partial charge in [0.25, 0.3) is 0 Å². The Morgan fingerprint density at radius 2 is 1.75 bits per heavy atom. The third kappa shape index (κ3) is 4.81. The maximum atomic E-state index is 13.5. The van der Waals surface area contributed by atoms with Crippen LogP contribution in [0.2, 0.25) is 0 Å². The number of Topliss-reactive ketones (excluding diaryl/α,β-unsaturated/α-hetero) is 1. The zero-order chi connectivity index (χ0) is 25.8. The highest BCUT2D eigenvalue weighted by Gasteiger charge is 2.28. The number of nitrogen functional groups attached to an aromatic ring is 1. The first-order chi connectivity index (χ1) is 17.3. The van der Waals surface area contributed by atoms with Crippen molar-refractivity contribution in [3.8, 4) is 5.75 Å². The summed E-state index contributed by atoms with van der Waals surface area (Å²) in [5.74, 6) is -2.73. The number of nitrogens with zero attached hydrogens (tertiary/aromatic N) is 2. The van der Waals surface area contributed by atoms with E-state index in [1.165, 1.54) is 12.1 Å². The number of hydrogen-bond donors (Lipinski definition) is 2. The summed E-state index contributed by atoms with van der Waals surface area (Å²) < 4.78 is 20.6. The molecule has 0 aliphatic heterocycles. The fourth-order valence-corrected chi connectivity index (χ4v) is 4.30. The molecule has 4 aromatic rings. The first kappa shape index (κ1) is 24.6. The van der Waals surface area contributed by atoms with E-state index in [9.17, 15) is 23.9 Å². The van der Waals surface area contributed by atoms with E-state index >= 15 is 0 Å². The van der Waals surface area contributed by atoms with Gasteiger partial charge in [0.2, 0.25) is 5.78 Å². The number of aromatic nitrogens is 2. The van der Waals surface area contributed by atoms with Crippen molar-refractivity contribution in [1.29, 1.82) is 0 Å². The van der Waals surface area contributed by atoms with E-state index in [1.54, 1.807) is 16.6 Å². The minimum absolute atomic E-state index is 0.0683. The molecule has 3 N–H and O–H groups in total. The van der Waals surface area contributed by atoms with Crippen LogP contribution in [-0.4, -0.2) is 39.4 Å². The van der Waals surface area contributed by atoms with Crippen molar-refractivity contribution in [3.05, 3.63) is 94.1 Å². The van der Waals surface area contributed by atoms with Gasteiger partial charge in [0.15, 0.2) is 18.6 Å². The second-order valence-corrected chi connectivity index (χ2v) is 8.23.